The monoisotopic (exact) mass is 267 g/mol. The van der Waals surface area contributed by atoms with Gasteiger partial charge in [-0.15, -0.1) is 22.9 Å². The molecule has 0 unspecified atom stereocenters. The second-order valence-electron chi connectivity index (χ2n) is 4.40. The molecule has 0 aliphatic heterocycles. The number of nitrogens with zero attached hydrogens (tertiary/aromatic N) is 2. The van der Waals surface area contributed by atoms with Crippen molar-refractivity contribution >= 4 is 39.0 Å². The summed E-state index contributed by atoms with van der Waals surface area (Å²) >= 11 is 7.54. The zero-order chi connectivity index (χ0) is 11.8. The number of fused-ring (bicyclic) bond motifs is 3. The lowest BCUT2D eigenvalue weighted by Crippen LogP contribution is -1.99. The van der Waals surface area contributed by atoms with Gasteiger partial charge >= 0.3 is 0 Å². The minimum absolute atomic E-state index is 0.322. The van der Waals surface area contributed by atoms with Crippen LogP contribution in [0.15, 0.2) is 0 Å². The van der Waals surface area contributed by atoms with Gasteiger partial charge in [0.05, 0.1) is 11.3 Å². The molecule has 1 aliphatic carbocycles. The molecule has 0 spiro atoms. The number of alkyl halides is 1. The second-order valence-corrected chi connectivity index (χ2v) is 5.75. The Bertz CT molecular complexity index is 564. The lowest BCUT2D eigenvalue weighted by Gasteiger charge is -2.02. The van der Waals surface area contributed by atoms with Gasteiger partial charge in [-0.2, -0.15) is 0 Å². The Hall–Kier alpha value is -0.870. The zero-order valence-electron chi connectivity index (χ0n) is 9.50. The molecule has 2 aromatic heterocycles. The van der Waals surface area contributed by atoms with Gasteiger partial charge in [0.2, 0.25) is 0 Å². The van der Waals surface area contributed by atoms with E-state index in [0.29, 0.717) is 17.5 Å². The Labute approximate surface area is 109 Å². The van der Waals surface area contributed by atoms with Gasteiger partial charge in [-0.1, -0.05) is 6.42 Å². The molecule has 17 heavy (non-hydrogen) atoms. The van der Waals surface area contributed by atoms with Crippen LogP contribution in [0.5, 0.6) is 0 Å². The Balaban J connectivity index is 2.24. The first-order valence-electron chi connectivity index (χ1n) is 5.92. The third kappa shape index (κ3) is 1.89. The van der Waals surface area contributed by atoms with Gasteiger partial charge in [0, 0.05) is 4.88 Å². The number of rotatable bonds is 1. The van der Waals surface area contributed by atoms with Gasteiger partial charge in [0.25, 0.3) is 0 Å². The van der Waals surface area contributed by atoms with Crippen LogP contribution in [0.1, 0.15) is 35.5 Å². The van der Waals surface area contributed by atoms with Crippen LogP contribution in [0.3, 0.4) is 0 Å². The molecule has 0 radical (unpaired) electrons. The highest BCUT2D eigenvalue weighted by atomic mass is 35.5. The molecule has 0 bridgehead atoms. The van der Waals surface area contributed by atoms with E-state index in [9.17, 15) is 0 Å². The number of aromatic nitrogens is 2. The van der Waals surface area contributed by atoms with Gasteiger partial charge in [-0.3, -0.25) is 0 Å². The molecule has 90 valence electrons. The molecule has 2 N–H and O–H groups in total. The highest BCUT2D eigenvalue weighted by Gasteiger charge is 2.18. The standard InChI is InChI=1S/C12H14ClN3S/c13-6-9-15-11(14)10-7-4-2-1-3-5-8(7)17-12(10)16-9/h1-6H2,(H2,14,15,16). The average molecular weight is 268 g/mol. The molecular weight excluding hydrogens is 254 g/mol. The Morgan fingerprint density at radius 2 is 2.00 bits per heavy atom. The first kappa shape index (κ1) is 11.2. The van der Waals surface area contributed by atoms with Crippen LogP contribution in [0.25, 0.3) is 10.2 Å². The maximum atomic E-state index is 6.05. The van der Waals surface area contributed by atoms with Crippen LogP contribution in [-0.2, 0) is 18.7 Å². The molecule has 2 heterocycles. The quantitative estimate of drug-likeness (QED) is 0.637. The fourth-order valence-corrected chi connectivity index (χ4v) is 3.88. The number of thiophene rings is 1. The summed E-state index contributed by atoms with van der Waals surface area (Å²) in [4.78, 5) is 11.2. The van der Waals surface area contributed by atoms with E-state index in [1.54, 1.807) is 11.3 Å². The van der Waals surface area contributed by atoms with Crippen molar-refractivity contribution in [3.05, 3.63) is 16.3 Å². The Morgan fingerprint density at radius 1 is 1.18 bits per heavy atom. The van der Waals surface area contributed by atoms with Crippen molar-refractivity contribution in [2.75, 3.05) is 5.73 Å². The number of halogens is 1. The van der Waals surface area contributed by atoms with Crippen LogP contribution in [-0.4, -0.2) is 9.97 Å². The summed E-state index contributed by atoms with van der Waals surface area (Å²) in [5, 5.41) is 1.08. The molecule has 0 saturated carbocycles. The molecule has 0 amide bonds. The van der Waals surface area contributed by atoms with Gasteiger partial charge in [0.1, 0.15) is 16.5 Å². The fraction of sp³-hybridized carbons (Fsp3) is 0.500. The lowest BCUT2D eigenvalue weighted by molar-refractivity contribution is 0.713. The predicted octanol–water partition coefficient (Wildman–Crippen LogP) is 3.28. The largest absolute Gasteiger partial charge is 0.383 e. The lowest BCUT2D eigenvalue weighted by atomic mass is 10.1. The molecule has 5 heteroatoms. The summed E-state index contributed by atoms with van der Waals surface area (Å²) in [5.41, 5.74) is 7.44. The average Bonchev–Trinajstić information content (AvgIpc) is 2.52. The third-order valence-electron chi connectivity index (χ3n) is 3.26. The van der Waals surface area contributed by atoms with Gasteiger partial charge in [-0.05, 0) is 31.2 Å². The SMILES string of the molecule is Nc1nc(CCl)nc2sc3c(c12)CCCCC3. The van der Waals surface area contributed by atoms with Crippen LogP contribution in [0, 0.1) is 0 Å². The number of aryl methyl sites for hydroxylation is 2. The minimum atomic E-state index is 0.322. The summed E-state index contributed by atoms with van der Waals surface area (Å²) in [7, 11) is 0. The topological polar surface area (TPSA) is 51.8 Å². The number of nitrogens with two attached hydrogens (primary N) is 1. The first-order valence-corrected chi connectivity index (χ1v) is 7.27. The number of anilines is 1. The van der Waals surface area contributed by atoms with Crippen LogP contribution < -0.4 is 5.73 Å². The molecule has 2 aromatic rings. The Morgan fingerprint density at radius 3 is 2.82 bits per heavy atom. The van der Waals surface area contributed by atoms with Crippen molar-refractivity contribution in [3.8, 4) is 0 Å². The van der Waals surface area contributed by atoms with Crippen LogP contribution in [0.4, 0.5) is 5.82 Å². The number of hydrogen-bond donors (Lipinski definition) is 1. The maximum Gasteiger partial charge on any atom is 0.147 e. The van der Waals surface area contributed by atoms with Crippen molar-refractivity contribution in [3.63, 3.8) is 0 Å². The van der Waals surface area contributed by atoms with Gasteiger partial charge in [0.15, 0.2) is 0 Å². The predicted molar refractivity (Wildman–Crippen MR) is 72.6 cm³/mol. The molecule has 3 rings (SSSR count). The van der Waals surface area contributed by atoms with E-state index in [-0.39, 0.29) is 0 Å². The summed E-state index contributed by atoms with van der Waals surface area (Å²) in [5.74, 6) is 1.56. The third-order valence-corrected chi connectivity index (χ3v) is 4.68. The molecule has 1 aliphatic rings. The normalized spacial score (nSPS) is 15.8. The van der Waals surface area contributed by atoms with Crippen LogP contribution in [0.2, 0.25) is 0 Å². The molecule has 0 atom stereocenters. The zero-order valence-corrected chi connectivity index (χ0v) is 11.1. The van der Waals surface area contributed by atoms with Crippen molar-refractivity contribution in [2.45, 2.75) is 38.0 Å². The highest BCUT2D eigenvalue weighted by molar-refractivity contribution is 7.19. The first-order chi connectivity index (χ1) is 8.29. The Kier molecular flexibility index (Phi) is 2.92. The van der Waals surface area contributed by atoms with Crippen molar-refractivity contribution in [1.29, 1.82) is 0 Å². The van der Waals surface area contributed by atoms with E-state index >= 15 is 0 Å². The van der Waals surface area contributed by atoms with Gasteiger partial charge < -0.3 is 5.73 Å². The molecular formula is C12H14ClN3S. The summed E-state index contributed by atoms with van der Waals surface area (Å²) in [6.07, 6.45) is 6.10. The van der Waals surface area contributed by atoms with E-state index < -0.39 is 0 Å². The molecule has 0 saturated heterocycles. The minimum Gasteiger partial charge on any atom is -0.383 e. The fourth-order valence-electron chi connectivity index (χ4n) is 2.47. The molecule has 0 aromatic carbocycles. The summed E-state index contributed by atoms with van der Waals surface area (Å²) in [6.45, 7) is 0. The van der Waals surface area contributed by atoms with E-state index in [1.807, 2.05) is 0 Å². The van der Waals surface area contributed by atoms with Crippen molar-refractivity contribution in [1.82, 2.24) is 9.97 Å². The second kappa shape index (κ2) is 4.42. The van der Waals surface area contributed by atoms with E-state index in [1.165, 1.54) is 29.7 Å². The van der Waals surface area contributed by atoms with Crippen molar-refractivity contribution in [2.24, 2.45) is 0 Å². The molecule has 0 fully saturated rings. The smallest absolute Gasteiger partial charge is 0.147 e. The van der Waals surface area contributed by atoms with E-state index in [2.05, 4.69) is 9.97 Å². The summed E-state index contributed by atoms with van der Waals surface area (Å²) in [6, 6.07) is 0. The van der Waals surface area contributed by atoms with Gasteiger partial charge in [-0.25, -0.2) is 9.97 Å². The van der Waals surface area contributed by atoms with E-state index in [4.69, 9.17) is 17.3 Å². The number of nitrogen functional groups attached to an aromatic ring is 1. The molecule has 3 nitrogen and oxygen atoms in total. The van der Waals surface area contributed by atoms with Crippen molar-refractivity contribution < 1.29 is 0 Å². The van der Waals surface area contributed by atoms with E-state index in [0.717, 1.165) is 23.1 Å². The summed E-state index contributed by atoms with van der Waals surface area (Å²) < 4.78 is 0. The maximum absolute atomic E-state index is 6.05. The highest BCUT2D eigenvalue weighted by Crippen LogP contribution is 2.37. The number of hydrogen-bond acceptors (Lipinski definition) is 4. The van der Waals surface area contributed by atoms with Crippen LogP contribution >= 0.6 is 22.9 Å².